The number of thiazole rings is 2. The number of rotatable bonds is 6. The first kappa shape index (κ1) is 23.5. The summed E-state index contributed by atoms with van der Waals surface area (Å²) in [7, 11) is 0. The van der Waals surface area contributed by atoms with Crippen LogP contribution in [0.5, 0.6) is 0 Å². The van der Waals surface area contributed by atoms with Gasteiger partial charge in [-0.15, -0.1) is 11.3 Å². The molecular formula is C18H17ClN6O5S3. The van der Waals surface area contributed by atoms with Gasteiger partial charge >= 0.3 is 5.97 Å². The number of nitrogens with one attached hydrogen (secondary N) is 1. The van der Waals surface area contributed by atoms with Crippen molar-refractivity contribution >= 4 is 74.7 Å². The summed E-state index contributed by atoms with van der Waals surface area (Å²) >= 11 is 9.59. The van der Waals surface area contributed by atoms with E-state index in [1.165, 1.54) is 28.0 Å². The van der Waals surface area contributed by atoms with Gasteiger partial charge in [0, 0.05) is 9.78 Å². The van der Waals surface area contributed by atoms with Gasteiger partial charge in [0.05, 0.1) is 11.7 Å². The van der Waals surface area contributed by atoms with Crippen LogP contribution in [-0.2, 0) is 14.4 Å². The molecule has 2 aromatic rings. The molecule has 0 radical (unpaired) electrons. The molecule has 1 fully saturated rings. The average molecular weight is 529 g/mol. The van der Waals surface area contributed by atoms with Crippen molar-refractivity contribution in [2.75, 3.05) is 5.73 Å². The second kappa shape index (κ2) is 8.93. The SMILES string of the molecule is Cc1nc(SC2=C(C(=O)O)N3C(=O)[C@@H](NC(=O)/C(=N\O)c4nc(N)sc4Cl)[C@H]3CC2)sc1C. The predicted octanol–water partition coefficient (Wildman–Crippen LogP) is 2.21. The van der Waals surface area contributed by atoms with Crippen molar-refractivity contribution < 1.29 is 24.7 Å². The Morgan fingerprint density at radius 2 is 2.06 bits per heavy atom. The number of aromatic nitrogens is 2. The van der Waals surface area contributed by atoms with Crippen LogP contribution in [0.4, 0.5) is 5.13 Å². The van der Waals surface area contributed by atoms with Gasteiger partial charge in [0.1, 0.15) is 21.8 Å². The number of nitrogens with two attached hydrogens (primary N) is 1. The van der Waals surface area contributed by atoms with Crippen molar-refractivity contribution in [3.63, 3.8) is 0 Å². The van der Waals surface area contributed by atoms with Gasteiger partial charge in [0.25, 0.3) is 11.8 Å². The number of hydrogen-bond donors (Lipinski definition) is 4. The summed E-state index contributed by atoms with van der Waals surface area (Å²) in [5.74, 6) is -2.68. The molecule has 2 aromatic heterocycles. The van der Waals surface area contributed by atoms with Crippen molar-refractivity contribution in [2.45, 2.75) is 43.1 Å². The zero-order valence-corrected chi connectivity index (χ0v) is 20.4. The molecule has 1 saturated heterocycles. The number of fused-ring (bicyclic) bond motifs is 1. The lowest BCUT2D eigenvalue weighted by molar-refractivity contribution is -0.155. The normalized spacial score (nSPS) is 20.5. The molecule has 2 amide bonds. The van der Waals surface area contributed by atoms with Gasteiger partial charge in [-0.25, -0.2) is 14.8 Å². The minimum atomic E-state index is -1.23. The third kappa shape index (κ3) is 4.18. The number of anilines is 1. The highest BCUT2D eigenvalue weighted by Gasteiger charge is 2.54. The van der Waals surface area contributed by atoms with E-state index in [9.17, 15) is 24.7 Å². The number of aliphatic carboxylic acids is 1. The minimum Gasteiger partial charge on any atom is -0.477 e. The van der Waals surface area contributed by atoms with E-state index in [1.807, 2.05) is 13.8 Å². The molecule has 33 heavy (non-hydrogen) atoms. The number of nitrogen functional groups attached to an aromatic ring is 1. The average Bonchev–Trinajstić information content (AvgIpc) is 3.25. The second-order valence-corrected chi connectivity index (χ2v) is 11.4. The molecule has 0 saturated carbocycles. The minimum absolute atomic E-state index is 0.0557. The largest absolute Gasteiger partial charge is 0.477 e. The van der Waals surface area contributed by atoms with Gasteiger partial charge in [-0.2, -0.15) is 0 Å². The summed E-state index contributed by atoms with van der Waals surface area (Å²) < 4.78 is 0.762. The van der Waals surface area contributed by atoms with E-state index in [-0.39, 0.29) is 20.9 Å². The molecule has 2 aliphatic rings. The van der Waals surface area contributed by atoms with Crippen LogP contribution in [0.15, 0.2) is 20.1 Å². The van der Waals surface area contributed by atoms with Crippen LogP contribution < -0.4 is 11.1 Å². The molecule has 2 atom stereocenters. The second-order valence-electron chi connectivity index (χ2n) is 7.19. The van der Waals surface area contributed by atoms with Crippen LogP contribution in [0.25, 0.3) is 0 Å². The lowest BCUT2D eigenvalue weighted by Gasteiger charge is -2.49. The molecule has 15 heteroatoms. The van der Waals surface area contributed by atoms with E-state index >= 15 is 0 Å². The number of carboxylic acid groups (broad SMARTS) is 1. The van der Waals surface area contributed by atoms with Crippen LogP contribution in [0.3, 0.4) is 0 Å². The maximum Gasteiger partial charge on any atom is 0.353 e. The number of carbonyl (C=O) groups excluding carboxylic acids is 2. The highest BCUT2D eigenvalue weighted by Crippen LogP contribution is 2.44. The van der Waals surface area contributed by atoms with Crippen molar-refractivity contribution in [1.82, 2.24) is 20.2 Å². The number of nitrogens with zero attached hydrogens (tertiary/aromatic N) is 4. The number of carboxylic acids is 1. The van der Waals surface area contributed by atoms with Gasteiger partial charge in [0.2, 0.25) is 0 Å². The maximum atomic E-state index is 12.9. The molecule has 5 N–H and O–H groups in total. The Labute approximate surface area is 204 Å². The highest BCUT2D eigenvalue weighted by atomic mass is 35.5. The molecule has 174 valence electrons. The van der Waals surface area contributed by atoms with E-state index in [0.29, 0.717) is 22.1 Å². The molecule has 0 aromatic carbocycles. The van der Waals surface area contributed by atoms with E-state index in [1.54, 1.807) is 0 Å². The van der Waals surface area contributed by atoms with Crippen LogP contribution in [-0.4, -0.2) is 60.8 Å². The van der Waals surface area contributed by atoms with Crippen LogP contribution in [0.1, 0.15) is 29.1 Å². The predicted molar refractivity (Wildman–Crippen MR) is 124 cm³/mol. The molecule has 2 aliphatic heterocycles. The Balaban J connectivity index is 1.54. The quantitative estimate of drug-likeness (QED) is 0.190. The smallest absolute Gasteiger partial charge is 0.353 e. The summed E-state index contributed by atoms with van der Waals surface area (Å²) in [5, 5.41) is 24.6. The van der Waals surface area contributed by atoms with Gasteiger partial charge in [-0.1, -0.05) is 39.9 Å². The number of allylic oxidation sites excluding steroid dienone is 1. The topological polar surface area (TPSA) is 171 Å². The third-order valence-electron chi connectivity index (χ3n) is 5.24. The van der Waals surface area contributed by atoms with Crippen molar-refractivity contribution in [2.24, 2.45) is 5.16 Å². The Hall–Kier alpha value is -2.68. The summed E-state index contributed by atoms with van der Waals surface area (Å²) in [6.45, 7) is 3.81. The van der Waals surface area contributed by atoms with Crippen molar-refractivity contribution in [3.8, 4) is 0 Å². The number of halogens is 1. The lowest BCUT2D eigenvalue weighted by Crippen LogP contribution is -2.72. The maximum absolute atomic E-state index is 12.9. The molecule has 4 heterocycles. The zero-order valence-electron chi connectivity index (χ0n) is 17.2. The standard InChI is InChI=1S/C18H17ClN6O5S3/c1-5-6(2)31-18(21-5)32-8-4-3-7-9(15(27)25(7)12(8)16(28)29)22-14(26)11(24-30)10-13(19)33-17(20)23-10/h7,9,30H,3-4H2,1-2H3,(H2,20,23)(H,22,26)(H,28,29)/b24-11-/t7-,9+/m1/s1. The van der Waals surface area contributed by atoms with Crippen LogP contribution in [0.2, 0.25) is 4.34 Å². The zero-order chi connectivity index (χ0) is 24.0. The van der Waals surface area contributed by atoms with Crippen molar-refractivity contribution in [3.05, 3.63) is 31.2 Å². The lowest BCUT2D eigenvalue weighted by atomic mass is 9.86. The number of thioether (sulfide) groups is 1. The molecule has 11 nitrogen and oxygen atoms in total. The fourth-order valence-electron chi connectivity index (χ4n) is 3.59. The van der Waals surface area contributed by atoms with Gasteiger partial charge < -0.3 is 21.4 Å². The molecular weight excluding hydrogens is 512 g/mol. The third-order valence-corrected chi connectivity index (χ3v) is 8.60. The first-order chi connectivity index (χ1) is 15.6. The monoisotopic (exact) mass is 528 g/mol. The first-order valence-electron chi connectivity index (χ1n) is 9.48. The van der Waals surface area contributed by atoms with Gasteiger partial charge in [-0.05, 0) is 26.7 Å². The molecule has 0 aliphatic carbocycles. The summed E-state index contributed by atoms with van der Waals surface area (Å²) in [4.78, 5) is 48.6. The fourth-order valence-corrected chi connectivity index (χ4v) is 6.90. The Morgan fingerprint density at radius 1 is 1.33 bits per heavy atom. The number of amides is 2. The number of aryl methyl sites for hydroxylation is 2. The summed E-state index contributed by atoms with van der Waals surface area (Å²) in [5.41, 5.74) is 5.74. The van der Waals surface area contributed by atoms with Gasteiger partial charge in [0.15, 0.2) is 15.2 Å². The summed E-state index contributed by atoms with van der Waals surface area (Å²) in [6.07, 6.45) is 0.843. The number of hydrogen-bond acceptors (Lipinski definition) is 11. The first-order valence-corrected chi connectivity index (χ1v) is 12.3. The fraction of sp³-hybridized carbons (Fsp3) is 0.333. The van der Waals surface area contributed by atoms with E-state index in [4.69, 9.17) is 17.3 Å². The number of carbonyl (C=O) groups is 3. The van der Waals surface area contributed by atoms with E-state index < -0.39 is 35.6 Å². The Bertz CT molecular complexity index is 1220. The molecule has 0 unspecified atom stereocenters. The van der Waals surface area contributed by atoms with Crippen LogP contribution in [0, 0.1) is 13.8 Å². The highest BCUT2D eigenvalue weighted by molar-refractivity contribution is 8.04. The number of oxime groups is 1. The van der Waals surface area contributed by atoms with Gasteiger partial charge in [-0.3, -0.25) is 14.5 Å². The number of β-lactam (4-membered cyclic amide) rings is 1. The molecule has 4 rings (SSSR count). The summed E-state index contributed by atoms with van der Waals surface area (Å²) in [6, 6.07) is -1.53. The van der Waals surface area contributed by atoms with E-state index in [0.717, 1.165) is 21.9 Å². The van der Waals surface area contributed by atoms with Crippen LogP contribution >= 0.6 is 46.0 Å². The Kier molecular flexibility index (Phi) is 6.35. The Morgan fingerprint density at radius 3 is 2.61 bits per heavy atom. The van der Waals surface area contributed by atoms with Crippen molar-refractivity contribution in [1.29, 1.82) is 0 Å². The molecule has 0 bridgehead atoms. The van der Waals surface area contributed by atoms with E-state index in [2.05, 4.69) is 20.4 Å². The molecule has 0 spiro atoms.